The second kappa shape index (κ2) is 5.80. The van der Waals surface area contributed by atoms with Gasteiger partial charge in [0.2, 0.25) is 0 Å². The van der Waals surface area contributed by atoms with Crippen molar-refractivity contribution in [1.29, 1.82) is 0 Å². The summed E-state index contributed by atoms with van der Waals surface area (Å²) in [5.41, 5.74) is 8.25. The monoisotopic (exact) mass is 266 g/mol. The van der Waals surface area contributed by atoms with Crippen LogP contribution in [0.2, 0.25) is 0 Å². The zero-order chi connectivity index (χ0) is 13.1. The van der Waals surface area contributed by atoms with Gasteiger partial charge in [0, 0.05) is 13.1 Å². The summed E-state index contributed by atoms with van der Waals surface area (Å²) in [4.78, 5) is 3.01. The van der Waals surface area contributed by atoms with Gasteiger partial charge in [-0.3, -0.25) is 9.58 Å². The maximum absolute atomic E-state index is 5.81. The van der Waals surface area contributed by atoms with Gasteiger partial charge in [0.25, 0.3) is 0 Å². The predicted octanol–water partition coefficient (Wildman–Crippen LogP) is 1.72. The minimum absolute atomic E-state index is 0.269. The number of hydrogen-bond donors (Lipinski definition) is 1. The van der Waals surface area contributed by atoms with E-state index in [1.807, 2.05) is 0 Å². The summed E-state index contributed by atoms with van der Waals surface area (Å²) in [7, 11) is 0. The first kappa shape index (κ1) is 13.5. The Hall–Kier alpha value is -0.940. The van der Waals surface area contributed by atoms with E-state index >= 15 is 0 Å². The van der Waals surface area contributed by atoms with E-state index in [0.29, 0.717) is 4.99 Å². The third-order valence-electron chi connectivity index (χ3n) is 3.63. The minimum Gasteiger partial charge on any atom is -0.392 e. The highest BCUT2D eigenvalue weighted by Crippen LogP contribution is 2.20. The van der Waals surface area contributed by atoms with Crippen molar-refractivity contribution in [3.8, 4) is 0 Å². The molecular formula is C13H22N4S. The summed E-state index contributed by atoms with van der Waals surface area (Å²) in [5.74, 6) is 0. The van der Waals surface area contributed by atoms with Crippen LogP contribution in [0.3, 0.4) is 0 Å². The second-order valence-corrected chi connectivity index (χ2v) is 5.30. The number of likely N-dealkylation sites (tertiary alicyclic amines) is 1. The van der Waals surface area contributed by atoms with Crippen LogP contribution >= 0.6 is 12.2 Å². The summed E-state index contributed by atoms with van der Waals surface area (Å²) in [6, 6.07) is 2.48. The van der Waals surface area contributed by atoms with Crippen LogP contribution in [0, 0.1) is 0 Å². The Morgan fingerprint density at radius 2 is 2.33 bits per heavy atom. The van der Waals surface area contributed by atoms with Gasteiger partial charge in [0.1, 0.15) is 0 Å². The lowest BCUT2D eigenvalue weighted by Crippen LogP contribution is -2.39. The quantitative estimate of drug-likeness (QED) is 0.824. The average Bonchev–Trinajstić information content (AvgIpc) is 2.95. The smallest absolute Gasteiger partial charge is 0.0902 e. The van der Waals surface area contributed by atoms with Crippen molar-refractivity contribution in [3.05, 3.63) is 17.5 Å². The maximum atomic E-state index is 5.81. The Balaban J connectivity index is 2.13. The Kier molecular flexibility index (Phi) is 4.35. The number of nitrogens with two attached hydrogens (primary N) is 1. The van der Waals surface area contributed by atoms with Crippen molar-refractivity contribution in [1.82, 2.24) is 14.7 Å². The molecule has 0 amide bonds. The standard InChI is InChI=1S/C13H22N4S/c1-3-10-8-11(17(4-2)15-10)9-16-7-5-6-12(16)13(14)18/h8,12H,3-7,9H2,1-2H3,(H2,14,18). The highest BCUT2D eigenvalue weighted by molar-refractivity contribution is 7.80. The van der Waals surface area contributed by atoms with Crippen LogP contribution in [0.5, 0.6) is 0 Å². The molecule has 1 atom stereocenters. The lowest BCUT2D eigenvalue weighted by Gasteiger charge is -2.23. The average molecular weight is 266 g/mol. The topological polar surface area (TPSA) is 47.1 Å². The van der Waals surface area contributed by atoms with Crippen LogP contribution < -0.4 is 5.73 Å². The Morgan fingerprint density at radius 1 is 1.56 bits per heavy atom. The van der Waals surface area contributed by atoms with E-state index < -0.39 is 0 Å². The number of aryl methyl sites for hydroxylation is 2. The van der Waals surface area contributed by atoms with Crippen LogP contribution in [0.15, 0.2) is 6.07 Å². The molecule has 0 spiro atoms. The third kappa shape index (κ3) is 2.72. The first-order valence-electron chi connectivity index (χ1n) is 6.74. The molecule has 1 saturated heterocycles. The van der Waals surface area contributed by atoms with Crippen LogP contribution in [-0.4, -0.2) is 32.3 Å². The van der Waals surface area contributed by atoms with Crippen molar-refractivity contribution in [2.24, 2.45) is 5.73 Å². The van der Waals surface area contributed by atoms with Gasteiger partial charge < -0.3 is 5.73 Å². The fourth-order valence-electron chi connectivity index (χ4n) is 2.63. The lowest BCUT2D eigenvalue weighted by molar-refractivity contribution is 0.285. The number of rotatable bonds is 5. The van der Waals surface area contributed by atoms with Gasteiger partial charge in [-0.2, -0.15) is 5.10 Å². The summed E-state index contributed by atoms with van der Waals surface area (Å²) in [5, 5.41) is 4.59. The molecule has 2 rings (SSSR count). The molecule has 2 N–H and O–H groups in total. The molecule has 5 heteroatoms. The van der Waals surface area contributed by atoms with E-state index in [-0.39, 0.29) is 6.04 Å². The van der Waals surface area contributed by atoms with Gasteiger partial charge in [-0.05, 0) is 38.8 Å². The van der Waals surface area contributed by atoms with E-state index in [4.69, 9.17) is 18.0 Å². The van der Waals surface area contributed by atoms with Gasteiger partial charge in [0.05, 0.1) is 22.4 Å². The molecule has 1 aliphatic heterocycles. The van der Waals surface area contributed by atoms with Gasteiger partial charge in [0.15, 0.2) is 0 Å². The van der Waals surface area contributed by atoms with E-state index in [2.05, 4.69) is 34.6 Å². The van der Waals surface area contributed by atoms with Gasteiger partial charge in [-0.25, -0.2) is 0 Å². The minimum atomic E-state index is 0.269. The van der Waals surface area contributed by atoms with Gasteiger partial charge >= 0.3 is 0 Å². The highest BCUT2D eigenvalue weighted by atomic mass is 32.1. The Labute approximate surface area is 114 Å². The summed E-state index contributed by atoms with van der Waals surface area (Å²) in [6.07, 6.45) is 3.26. The van der Waals surface area contributed by atoms with Crippen molar-refractivity contribution in [2.75, 3.05) is 6.54 Å². The second-order valence-electron chi connectivity index (χ2n) is 4.83. The first-order chi connectivity index (χ1) is 8.65. The molecule has 4 nitrogen and oxygen atoms in total. The predicted molar refractivity (Wildman–Crippen MR) is 77.5 cm³/mol. The molecule has 2 heterocycles. The van der Waals surface area contributed by atoms with Crippen LogP contribution in [-0.2, 0) is 19.5 Å². The molecule has 1 unspecified atom stereocenters. The fraction of sp³-hybridized carbons (Fsp3) is 0.692. The number of aromatic nitrogens is 2. The lowest BCUT2D eigenvalue weighted by atomic mass is 10.2. The van der Waals surface area contributed by atoms with Crippen LogP contribution in [0.4, 0.5) is 0 Å². The van der Waals surface area contributed by atoms with Gasteiger partial charge in [-0.1, -0.05) is 19.1 Å². The first-order valence-corrected chi connectivity index (χ1v) is 7.15. The van der Waals surface area contributed by atoms with E-state index in [9.17, 15) is 0 Å². The number of hydrogen-bond acceptors (Lipinski definition) is 3. The maximum Gasteiger partial charge on any atom is 0.0902 e. The van der Waals surface area contributed by atoms with Gasteiger partial charge in [-0.15, -0.1) is 0 Å². The molecule has 1 fully saturated rings. The van der Waals surface area contributed by atoms with E-state index in [1.165, 1.54) is 12.1 Å². The largest absolute Gasteiger partial charge is 0.392 e. The Morgan fingerprint density at radius 3 is 2.94 bits per heavy atom. The molecular weight excluding hydrogens is 244 g/mol. The molecule has 18 heavy (non-hydrogen) atoms. The molecule has 0 radical (unpaired) electrons. The summed E-state index contributed by atoms with van der Waals surface area (Å²) < 4.78 is 2.09. The van der Waals surface area contributed by atoms with Crippen LogP contribution in [0.1, 0.15) is 38.1 Å². The molecule has 1 aliphatic rings. The van der Waals surface area contributed by atoms with Crippen molar-refractivity contribution in [3.63, 3.8) is 0 Å². The molecule has 0 aromatic carbocycles. The SMILES string of the molecule is CCc1cc(CN2CCCC2C(N)=S)n(CC)n1. The molecule has 100 valence electrons. The highest BCUT2D eigenvalue weighted by Gasteiger charge is 2.27. The molecule has 0 aliphatic carbocycles. The fourth-order valence-corrected chi connectivity index (χ4v) is 2.90. The van der Waals surface area contributed by atoms with E-state index in [1.54, 1.807) is 0 Å². The third-order valence-corrected chi connectivity index (χ3v) is 3.90. The van der Waals surface area contributed by atoms with Crippen LogP contribution in [0.25, 0.3) is 0 Å². The number of nitrogens with zero attached hydrogens (tertiary/aromatic N) is 3. The summed E-state index contributed by atoms with van der Waals surface area (Å²) >= 11 is 5.15. The molecule has 0 saturated carbocycles. The molecule has 0 bridgehead atoms. The summed E-state index contributed by atoms with van der Waals surface area (Å²) in [6.45, 7) is 7.17. The van der Waals surface area contributed by atoms with E-state index in [0.717, 1.165) is 38.2 Å². The number of thiocarbonyl (C=S) groups is 1. The van der Waals surface area contributed by atoms with Crippen molar-refractivity contribution >= 4 is 17.2 Å². The Bertz CT molecular complexity index is 427. The zero-order valence-electron chi connectivity index (χ0n) is 11.2. The van der Waals surface area contributed by atoms with Crippen molar-refractivity contribution < 1.29 is 0 Å². The normalized spacial score (nSPS) is 20.4. The van der Waals surface area contributed by atoms with Crippen molar-refractivity contribution in [2.45, 2.75) is 52.2 Å². The molecule has 1 aromatic rings. The molecule has 1 aromatic heterocycles. The zero-order valence-corrected chi connectivity index (χ0v) is 12.0.